The first-order valence-corrected chi connectivity index (χ1v) is 11.0. The molecule has 1 aromatic heterocycles. The molecule has 1 heterocycles. The van der Waals surface area contributed by atoms with Crippen LogP contribution in [0, 0.1) is 28.6 Å². The number of pyridine rings is 1. The van der Waals surface area contributed by atoms with Gasteiger partial charge in [0.25, 0.3) is 0 Å². The van der Waals surface area contributed by atoms with Gasteiger partial charge in [-0.15, -0.1) is 0 Å². The Hall–Kier alpha value is -1.90. The second-order valence-electron chi connectivity index (χ2n) is 10.0. The molecule has 5 atom stereocenters. The van der Waals surface area contributed by atoms with Crippen molar-refractivity contribution in [3.8, 4) is 0 Å². The lowest BCUT2D eigenvalue weighted by Gasteiger charge is -2.58. The summed E-state index contributed by atoms with van der Waals surface area (Å²) in [6, 6.07) is 4.31. The number of rotatable bonds is 1. The highest BCUT2D eigenvalue weighted by atomic mass is 16.4. The van der Waals surface area contributed by atoms with Crippen LogP contribution in [-0.4, -0.2) is 15.9 Å². The molecule has 5 rings (SSSR count). The molecule has 0 amide bonds. The first-order valence-electron chi connectivity index (χ1n) is 11.0. The molecule has 0 aromatic carbocycles. The van der Waals surface area contributed by atoms with Gasteiger partial charge in [0.1, 0.15) is 0 Å². The number of oxime groups is 1. The second kappa shape index (κ2) is 6.30. The van der Waals surface area contributed by atoms with Crippen LogP contribution in [-0.2, 0) is 0 Å². The summed E-state index contributed by atoms with van der Waals surface area (Å²) in [5.41, 5.74) is 7.25. The van der Waals surface area contributed by atoms with Gasteiger partial charge < -0.3 is 5.21 Å². The van der Waals surface area contributed by atoms with Crippen molar-refractivity contribution in [3.05, 3.63) is 47.3 Å². The van der Waals surface area contributed by atoms with E-state index in [2.05, 4.69) is 55.3 Å². The number of aromatic nitrogens is 1. The van der Waals surface area contributed by atoms with Crippen molar-refractivity contribution in [2.75, 3.05) is 0 Å². The molecule has 3 nitrogen and oxygen atoms in total. The quantitative estimate of drug-likeness (QED) is 0.464. The SMILES string of the molecule is CC1=C2CCC3C4CC=C(c5cccnc5)C4(C)CCC3C2(C)CC/C1=N\O. The maximum absolute atomic E-state index is 9.40. The third kappa shape index (κ3) is 2.34. The number of hydrogen-bond donors (Lipinski definition) is 1. The van der Waals surface area contributed by atoms with E-state index >= 15 is 0 Å². The van der Waals surface area contributed by atoms with Gasteiger partial charge in [-0.3, -0.25) is 4.98 Å². The molecule has 0 spiro atoms. The minimum absolute atomic E-state index is 0.291. The van der Waals surface area contributed by atoms with E-state index in [-0.39, 0.29) is 0 Å². The predicted molar refractivity (Wildman–Crippen MR) is 113 cm³/mol. The molecule has 4 aliphatic rings. The van der Waals surface area contributed by atoms with Crippen molar-refractivity contribution in [3.63, 3.8) is 0 Å². The van der Waals surface area contributed by atoms with Crippen LogP contribution in [0.25, 0.3) is 5.57 Å². The van der Waals surface area contributed by atoms with Crippen LogP contribution in [0.15, 0.2) is 46.9 Å². The molecule has 2 saturated carbocycles. The van der Waals surface area contributed by atoms with Crippen molar-refractivity contribution >= 4 is 11.3 Å². The highest BCUT2D eigenvalue weighted by Gasteiger charge is 2.57. The smallest absolute Gasteiger partial charge is 0.0824 e. The largest absolute Gasteiger partial charge is 0.411 e. The predicted octanol–water partition coefficient (Wildman–Crippen LogP) is 6.26. The van der Waals surface area contributed by atoms with Crippen molar-refractivity contribution in [1.82, 2.24) is 4.98 Å². The van der Waals surface area contributed by atoms with Crippen LogP contribution >= 0.6 is 0 Å². The van der Waals surface area contributed by atoms with Crippen LogP contribution in [0.2, 0.25) is 0 Å². The summed E-state index contributed by atoms with van der Waals surface area (Å²) in [5, 5.41) is 13.0. The van der Waals surface area contributed by atoms with E-state index in [0.29, 0.717) is 10.8 Å². The molecule has 0 radical (unpaired) electrons. The van der Waals surface area contributed by atoms with Gasteiger partial charge in [0.05, 0.1) is 5.71 Å². The van der Waals surface area contributed by atoms with E-state index < -0.39 is 0 Å². The molecule has 4 aliphatic carbocycles. The van der Waals surface area contributed by atoms with E-state index in [1.807, 2.05) is 6.20 Å². The van der Waals surface area contributed by atoms with Gasteiger partial charge in [-0.05, 0) is 103 Å². The summed E-state index contributed by atoms with van der Waals surface area (Å²) in [5.74, 6) is 2.33. The first kappa shape index (κ1) is 18.1. The number of hydrogen-bond acceptors (Lipinski definition) is 3. The normalized spacial score (nSPS) is 41.3. The van der Waals surface area contributed by atoms with Crippen LogP contribution in [0.5, 0.6) is 0 Å². The fourth-order valence-corrected chi connectivity index (χ4v) is 7.66. The molecule has 0 saturated heterocycles. The lowest BCUT2D eigenvalue weighted by atomic mass is 9.46. The van der Waals surface area contributed by atoms with Gasteiger partial charge >= 0.3 is 0 Å². The average molecular weight is 377 g/mol. The molecular weight excluding hydrogens is 344 g/mol. The molecule has 148 valence electrons. The summed E-state index contributed by atoms with van der Waals surface area (Å²) in [7, 11) is 0. The minimum atomic E-state index is 0.291. The third-order valence-electron chi connectivity index (χ3n) is 9.11. The summed E-state index contributed by atoms with van der Waals surface area (Å²) in [4.78, 5) is 4.39. The molecule has 0 aliphatic heterocycles. The first-order chi connectivity index (χ1) is 13.5. The van der Waals surface area contributed by atoms with E-state index in [9.17, 15) is 5.21 Å². The molecule has 1 N–H and O–H groups in total. The van der Waals surface area contributed by atoms with Gasteiger partial charge in [0.2, 0.25) is 0 Å². The van der Waals surface area contributed by atoms with Crippen molar-refractivity contribution in [2.45, 2.75) is 65.7 Å². The highest BCUT2D eigenvalue weighted by Crippen LogP contribution is 2.67. The van der Waals surface area contributed by atoms with E-state index in [0.717, 1.165) is 36.3 Å². The average Bonchev–Trinajstić information content (AvgIpc) is 3.06. The molecule has 28 heavy (non-hydrogen) atoms. The maximum atomic E-state index is 9.40. The lowest BCUT2D eigenvalue weighted by molar-refractivity contribution is -0.0196. The number of nitrogens with zero attached hydrogens (tertiary/aromatic N) is 2. The Morgan fingerprint density at radius 1 is 1.11 bits per heavy atom. The Balaban J connectivity index is 1.49. The zero-order valence-electron chi connectivity index (χ0n) is 17.4. The fourth-order valence-electron chi connectivity index (χ4n) is 7.66. The standard InChI is InChI=1S/C25H32N2O/c1-16-19-7-6-18-21-9-8-20(17-5-4-14-26-15-17)25(21,3)12-10-22(18)24(19,2)13-11-23(16)27-28/h4-5,8,14-15,18,21-22,28H,6-7,9-13H2,1-3H3/b27-23+. The monoisotopic (exact) mass is 376 g/mol. The van der Waals surface area contributed by atoms with Gasteiger partial charge in [0.15, 0.2) is 0 Å². The Labute approximate surface area is 168 Å². The molecule has 3 heteroatoms. The molecular formula is C25H32N2O. The molecule has 1 aromatic rings. The topological polar surface area (TPSA) is 45.5 Å². The Bertz CT molecular complexity index is 883. The summed E-state index contributed by atoms with van der Waals surface area (Å²) in [6.07, 6.45) is 14.8. The van der Waals surface area contributed by atoms with E-state index in [4.69, 9.17) is 0 Å². The van der Waals surface area contributed by atoms with Gasteiger partial charge in [-0.2, -0.15) is 0 Å². The van der Waals surface area contributed by atoms with Gasteiger partial charge in [0, 0.05) is 12.4 Å². The van der Waals surface area contributed by atoms with Crippen LogP contribution < -0.4 is 0 Å². The van der Waals surface area contributed by atoms with Gasteiger partial charge in [-0.25, -0.2) is 0 Å². The second-order valence-corrected chi connectivity index (χ2v) is 10.0. The van der Waals surface area contributed by atoms with Crippen LogP contribution in [0.1, 0.15) is 71.3 Å². The molecule has 5 unspecified atom stereocenters. The van der Waals surface area contributed by atoms with Crippen molar-refractivity contribution in [1.29, 1.82) is 0 Å². The van der Waals surface area contributed by atoms with Crippen LogP contribution in [0.3, 0.4) is 0 Å². The maximum Gasteiger partial charge on any atom is 0.0824 e. The van der Waals surface area contributed by atoms with Crippen molar-refractivity contribution < 1.29 is 5.21 Å². The number of fused-ring (bicyclic) bond motifs is 5. The Morgan fingerprint density at radius 2 is 1.96 bits per heavy atom. The summed E-state index contributed by atoms with van der Waals surface area (Å²) < 4.78 is 0. The fraction of sp³-hybridized carbons (Fsp3) is 0.600. The van der Waals surface area contributed by atoms with Crippen LogP contribution in [0.4, 0.5) is 0 Å². The zero-order chi connectivity index (χ0) is 19.5. The van der Waals surface area contributed by atoms with E-state index in [1.165, 1.54) is 43.2 Å². The van der Waals surface area contributed by atoms with Crippen molar-refractivity contribution in [2.24, 2.45) is 33.7 Å². The zero-order valence-corrected chi connectivity index (χ0v) is 17.4. The molecule has 2 fully saturated rings. The number of allylic oxidation sites excluding steroid dienone is 4. The summed E-state index contributed by atoms with van der Waals surface area (Å²) >= 11 is 0. The Kier molecular flexibility index (Phi) is 4.08. The minimum Gasteiger partial charge on any atom is -0.411 e. The van der Waals surface area contributed by atoms with Gasteiger partial charge in [-0.1, -0.05) is 36.7 Å². The third-order valence-corrected chi connectivity index (χ3v) is 9.11. The Morgan fingerprint density at radius 3 is 2.71 bits per heavy atom. The summed E-state index contributed by atoms with van der Waals surface area (Å²) in [6.45, 7) is 7.23. The lowest BCUT2D eigenvalue weighted by Crippen LogP contribution is -2.50. The highest BCUT2D eigenvalue weighted by molar-refractivity contribution is 6.01. The van der Waals surface area contributed by atoms with E-state index in [1.54, 1.807) is 11.1 Å². The molecule has 0 bridgehead atoms.